The molecule has 35 heavy (non-hydrogen) atoms. The minimum atomic E-state index is -1.05. The van der Waals surface area contributed by atoms with E-state index in [-0.39, 0.29) is 18.7 Å². The van der Waals surface area contributed by atoms with E-state index in [9.17, 15) is 29.6 Å². The Morgan fingerprint density at radius 2 is 2.03 bits per heavy atom. The third-order valence-corrected chi connectivity index (χ3v) is 5.85. The number of rotatable bonds is 6. The second-order valence-corrected chi connectivity index (χ2v) is 8.21. The van der Waals surface area contributed by atoms with Crippen LogP contribution in [0.4, 0.5) is 10.5 Å². The Morgan fingerprint density at radius 1 is 1.31 bits per heavy atom. The number of nitrogens with one attached hydrogen (secondary N) is 1. The van der Waals surface area contributed by atoms with Crippen LogP contribution >= 0.6 is 0 Å². The molecule has 0 spiro atoms. The SMILES string of the molecule is Cc1cn(C2CC(O)C(COC(=O)OC(C)c3cccc4cccc([N+](=O)[O-])c34)O2)c(=O)[nH]c1=O. The minimum absolute atomic E-state index is 0.0462. The topological polar surface area (TPSA) is 163 Å². The third-order valence-electron chi connectivity index (χ3n) is 5.85. The normalized spacial score (nSPS) is 20.5. The highest BCUT2D eigenvalue weighted by Gasteiger charge is 2.36. The van der Waals surface area contributed by atoms with Gasteiger partial charge in [-0.15, -0.1) is 0 Å². The highest BCUT2D eigenvalue weighted by Crippen LogP contribution is 2.34. The number of aliphatic hydroxyl groups excluding tert-OH is 1. The monoisotopic (exact) mass is 485 g/mol. The summed E-state index contributed by atoms with van der Waals surface area (Å²) in [5.74, 6) is 0. The average Bonchev–Trinajstić information content (AvgIpc) is 3.19. The zero-order chi connectivity index (χ0) is 25.3. The van der Waals surface area contributed by atoms with Crippen molar-refractivity contribution < 1.29 is 29.0 Å². The van der Waals surface area contributed by atoms with Gasteiger partial charge in [-0.3, -0.25) is 24.5 Å². The lowest BCUT2D eigenvalue weighted by Crippen LogP contribution is -2.33. The number of benzene rings is 2. The molecule has 184 valence electrons. The summed E-state index contributed by atoms with van der Waals surface area (Å²) in [5.41, 5.74) is -0.566. The Hall–Kier alpha value is -4.03. The molecule has 12 nitrogen and oxygen atoms in total. The number of aromatic amines is 1. The fraction of sp³-hybridized carbons (Fsp3) is 0.348. The highest BCUT2D eigenvalue weighted by molar-refractivity contribution is 5.94. The minimum Gasteiger partial charge on any atom is -0.431 e. The number of ether oxygens (including phenoxy) is 3. The zero-order valence-electron chi connectivity index (χ0n) is 18.9. The van der Waals surface area contributed by atoms with E-state index in [2.05, 4.69) is 4.98 Å². The lowest BCUT2D eigenvalue weighted by Gasteiger charge is -2.18. The summed E-state index contributed by atoms with van der Waals surface area (Å²) in [7, 11) is 0. The molecule has 1 aliphatic heterocycles. The number of carbonyl (C=O) groups is 1. The van der Waals surface area contributed by atoms with Crippen molar-refractivity contribution in [2.45, 2.75) is 44.8 Å². The van der Waals surface area contributed by atoms with Gasteiger partial charge in [-0.1, -0.05) is 30.3 Å². The molecule has 3 aromatic rings. The van der Waals surface area contributed by atoms with Gasteiger partial charge in [-0.25, -0.2) is 9.59 Å². The average molecular weight is 485 g/mol. The Balaban J connectivity index is 1.41. The zero-order valence-corrected chi connectivity index (χ0v) is 18.9. The second kappa shape index (κ2) is 9.68. The Bertz CT molecular complexity index is 1390. The van der Waals surface area contributed by atoms with E-state index in [1.54, 1.807) is 37.3 Å². The second-order valence-electron chi connectivity index (χ2n) is 8.21. The number of aromatic nitrogens is 2. The molecule has 2 aromatic carbocycles. The molecule has 1 saturated heterocycles. The maximum Gasteiger partial charge on any atom is 0.508 e. The van der Waals surface area contributed by atoms with E-state index >= 15 is 0 Å². The van der Waals surface area contributed by atoms with Crippen LogP contribution in [-0.4, -0.2) is 44.6 Å². The van der Waals surface area contributed by atoms with E-state index in [0.717, 1.165) is 4.57 Å². The number of hydrogen-bond donors (Lipinski definition) is 2. The van der Waals surface area contributed by atoms with Gasteiger partial charge in [0.25, 0.3) is 11.2 Å². The van der Waals surface area contributed by atoms with Crippen LogP contribution in [0.2, 0.25) is 0 Å². The summed E-state index contributed by atoms with van der Waals surface area (Å²) >= 11 is 0. The largest absolute Gasteiger partial charge is 0.508 e. The van der Waals surface area contributed by atoms with Crippen LogP contribution in [0.25, 0.3) is 10.8 Å². The third kappa shape index (κ3) is 4.93. The van der Waals surface area contributed by atoms with Gasteiger partial charge in [0, 0.05) is 29.8 Å². The van der Waals surface area contributed by atoms with Crippen LogP contribution in [-0.2, 0) is 14.2 Å². The Morgan fingerprint density at radius 3 is 2.74 bits per heavy atom. The number of H-pyrrole nitrogens is 1. The Labute approximate surface area is 197 Å². The van der Waals surface area contributed by atoms with Crippen molar-refractivity contribution in [1.29, 1.82) is 0 Å². The molecular weight excluding hydrogens is 462 g/mol. The first-order chi connectivity index (χ1) is 16.7. The number of nitrogens with zero attached hydrogens (tertiary/aromatic N) is 2. The first-order valence-electron chi connectivity index (χ1n) is 10.8. The quantitative estimate of drug-likeness (QED) is 0.303. The molecule has 1 aliphatic rings. The van der Waals surface area contributed by atoms with E-state index in [1.165, 1.54) is 19.2 Å². The van der Waals surface area contributed by atoms with E-state index in [4.69, 9.17) is 14.2 Å². The lowest BCUT2D eigenvalue weighted by atomic mass is 9.99. The number of carbonyl (C=O) groups excluding carboxylic acids is 1. The number of hydrogen-bond acceptors (Lipinski definition) is 9. The first kappa shape index (κ1) is 24.1. The Kier molecular flexibility index (Phi) is 6.67. The number of non-ortho nitro benzene ring substituents is 1. The van der Waals surface area contributed by atoms with Crippen molar-refractivity contribution in [3.8, 4) is 0 Å². The number of aryl methyl sites for hydroxylation is 1. The van der Waals surface area contributed by atoms with Gasteiger partial charge >= 0.3 is 11.8 Å². The van der Waals surface area contributed by atoms with Crippen molar-refractivity contribution in [2.75, 3.05) is 6.61 Å². The molecule has 4 unspecified atom stereocenters. The summed E-state index contributed by atoms with van der Waals surface area (Å²) < 4.78 is 17.2. The van der Waals surface area contributed by atoms with Gasteiger partial charge < -0.3 is 19.3 Å². The fourth-order valence-electron chi connectivity index (χ4n) is 4.07. The summed E-state index contributed by atoms with van der Waals surface area (Å²) in [4.78, 5) is 49.1. The van der Waals surface area contributed by atoms with Crippen LogP contribution in [0.1, 0.15) is 36.8 Å². The summed E-state index contributed by atoms with van der Waals surface area (Å²) in [6, 6.07) is 9.73. The molecule has 0 radical (unpaired) electrons. The van der Waals surface area contributed by atoms with Crippen LogP contribution in [0.5, 0.6) is 0 Å². The molecule has 4 atom stereocenters. The molecule has 0 aliphatic carbocycles. The molecule has 1 fully saturated rings. The van der Waals surface area contributed by atoms with Crippen molar-refractivity contribution in [3.05, 3.63) is 84.7 Å². The lowest BCUT2D eigenvalue weighted by molar-refractivity contribution is -0.383. The predicted octanol–water partition coefficient (Wildman–Crippen LogP) is 2.47. The number of aliphatic hydroxyl groups is 1. The molecule has 2 heterocycles. The van der Waals surface area contributed by atoms with Gasteiger partial charge in [0.15, 0.2) is 0 Å². The summed E-state index contributed by atoms with van der Waals surface area (Å²) in [6.07, 6.45) is -3.36. The molecule has 0 bridgehead atoms. The van der Waals surface area contributed by atoms with Crippen LogP contribution in [0, 0.1) is 17.0 Å². The van der Waals surface area contributed by atoms with E-state index in [0.29, 0.717) is 21.9 Å². The van der Waals surface area contributed by atoms with Crippen LogP contribution in [0.3, 0.4) is 0 Å². The van der Waals surface area contributed by atoms with Gasteiger partial charge in [0.2, 0.25) is 0 Å². The summed E-state index contributed by atoms with van der Waals surface area (Å²) in [6.45, 7) is 2.74. The molecular formula is C23H23N3O9. The van der Waals surface area contributed by atoms with Crippen molar-refractivity contribution in [3.63, 3.8) is 0 Å². The highest BCUT2D eigenvalue weighted by atomic mass is 16.7. The van der Waals surface area contributed by atoms with Gasteiger partial charge in [-0.2, -0.15) is 0 Å². The van der Waals surface area contributed by atoms with E-state index < -0.39 is 46.9 Å². The molecule has 0 saturated carbocycles. The maximum atomic E-state index is 12.3. The molecule has 12 heteroatoms. The number of fused-ring (bicyclic) bond motifs is 1. The summed E-state index contributed by atoms with van der Waals surface area (Å²) in [5, 5.41) is 22.8. The number of nitro groups is 1. The van der Waals surface area contributed by atoms with Gasteiger partial charge in [0.1, 0.15) is 25.0 Å². The number of nitro benzene ring substituents is 1. The molecule has 1 aromatic heterocycles. The fourth-order valence-corrected chi connectivity index (χ4v) is 4.07. The van der Waals surface area contributed by atoms with Crippen molar-refractivity contribution in [1.82, 2.24) is 9.55 Å². The van der Waals surface area contributed by atoms with Crippen molar-refractivity contribution >= 4 is 22.6 Å². The van der Waals surface area contributed by atoms with Crippen LogP contribution in [0.15, 0.2) is 52.2 Å². The maximum absolute atomic E-state index is 12.3. The first-order valence-corrected chi connectivity index (χ1v) is 10.8. The molecule has 2 N–H and O–H groups in total. The standard InChI is InChI=1S/C23H23N3O9/c1-12-10-25(22(29)24-21(12)28)19-9-17(27)18(35-19)11-33-23(30)34-13(2)15-7-3-5-14-6-4-8-16(20(14)15)26(31)32/h3-8,10,13,17-19,27H,9,11H2,1-2H3,(H,24,28,29). The smallest absolute Gasteiger partial charge is 0.431 e. The molecule has 0 amide bonds. The predicted molar refractivity (Wildman–Crippen MR) is 122 cm³/mol. The molecule has 4 rings (SSSR count). The van der Waals surface area contributed by atoms with Crippen molar-refractivity contribution in [2.24, 2.45) is 0 Å². The van der Waals surface area contributed by atoms with E-state index in [1.807, 2.05) is 0 Å². The van der Waals surface area contributed by atoms with Gasteiger partial charge in [-0.05, 0) is 19.2 Å². The van der Waals surface area contributed by atoms with Crippen LogP contribution < -0.4 is 11.2 Å². The van der Waals surface area contributed by atoms with Gasteiger partial charge in [0.05, 0.1) is 16.4 Å².